The van der Waals surface area contributed by atoms with E-state index in [-0.39, 0.29) is 5.91 Å². The first kappa shape index (κ1) is 15.7. The van der Waals surface area contributed by atoms with Crippen LogP contribution in [0.25, 0.3) is 0 Å². The lowest BCUT2D eigenvalue weighted by Crippen LogP contribution is -2.51. The van der Waals surface area contributed by atoms with Crippen LogP contribution < -0.4 is 4.90 Å². The van der Waals surface area contributed by atoms with Crippen LogP contribution in [0.1, 0.15) is 19.8 Å². The Balaban J connectivity index is 1.77. The topological polar surface area (TPSA) is 52.6 Å². The van der Waals surface area contributed by atoms with Crippen molar-refractivity contribution in [3.05, 3.63) is 18.5 Å². The second-order valence-corrected chi connectivity index (χ2v) is 5.51. The van der Waals surface area contributed by atoms with Crippen LogP contribution in [0, 0.1) is 0 Å². The van der Waals surface area contributed by atoms with Gasteiger partial charge in [0.05, 0.1) is 6.54 Å². The number of aromatic nitrogens is 2. The molecule has 1 aliphatic rings. The third kappa shape index (κ3) is 4.67. The number of amides is 1. The summed E-state index contributed by atoms with van der Waals surface area (Å²) in [6.45, 7) is 6.77. The summed E-state index contributed by atoms with van der Waals surface area (Å²) in [5.41, 5.74) is 0. The highest BCUT2D eigenvalue weighted by Crippen LogP contribution is 2.10. The van der Waals surface area contributed by atoms with Crippen molar-refractivity contribution in [2.45, 2.75) is 19.8 Å². The van der Waals surface area contributed by atoms with Gasteiger partial charge in [-0.05, 0) is 26.1 Å². The molecular formula is C15H25N5O. The molecule has 1 saturated heterocycles. The summed E-state index contributed by atoms with van der Waals surface area (Å²) < 4.78 is 0. The van der Waals surface area contributed by atoms with E-state index in [2.05, 4.69) is 26.7 Å². The molecule has 1 amide bonds. The van der Waals surface area contributed by atoms with Crippen molar-refractivity contribution in [1.82, 2.24) is 19.8 Å². The average Bonchev–Trinajstić information content (AvgIpc) is 2.54. The van der Waals surface area contributed by atoms with Gasteiger partial charge in [0, 0.05) is 38.6 Å². The van der Waals surface area contributed by atoms with E-state index in [9.17, 15) is 4.79 Å². The second-order valence-electron chi connectivity index (χ2n) is 5.51. The Morgan fingerprint density at radius 1 is 1.24 bits per heavy atom. The van der Waals surface area contributed by atoms with Crippen LogP contribution in [-0.4, -0.2) is 72.0 Å². The number of anilines is 1. The first-order valence-electron chi connectivity index (χ1n) is 7.69. The quantitative estimate of drug-likeness (QED) is 0.778. The number of likely N-dealkylation sites (N-methyl/N-ethyl adjacent to an activating group) is 1. The van der Waals surface area contributed by atoms with Gasteiger partial charge in [0.2, 0.25) is 11.9 Å². The molecule has 0 unspecified atom stereocenters. The molecule has 21 heavy (non-hydrogen) atoms. The third-order valence-corrected chi connectivity index (χ3v) is 3.77. The SMILES string of the molecule is CCCCN(C)CC(=O)N1CCN(c2ncccn2)CC1. The number of piperazine rings is 1. The maximum Gasteiger partial charge on any atom is 0.236 e. The zero-order valence-electron chi connectivity index (χ0n) is 13.0. The minimum Gasteiger partial charge on any atom is -0.338 e. The molecule has 1 aromatic rings. The number of rotatable bonds is 6. The van der Waals surface area contributed by atoms with Crippen LogP contribution >= 0.6 is 0 Å². The predicted molar refractivity (Wildman–Crippen MR) is 83.2 cm³/mol. The smallest absolute Gasteiger partial charge is 0.236 e. The summed E-state index contributed by atoms with van der Waals surface area (Å²) in [6, 6.07) is 1.81. The maximum absolute atomic E-state index is 12.2. The van der Waals surface area contributed by atoms with Gasteiger partial charge >= 0.3 is 0 Å². The summed E-state index contributed by atoms with van der Waals surface area (Å²) in [6.07, 6.45) is 5.81. The van der Waals surface area contributed by atoms with Crippen LogP contribution in [0.15, 0.2) is 18.5 Å². The van der Waals surface area contributed by atoms with E-state index in [4.69, 9.17) is 0 Å². The van der Waals surface area contributed by atoms with Crippen molar-refractivity contribution in [2.75, 3.05) is 51.2 Å². The zero-order valence-corrected chi connectivity index (χ0v) is 13.0. The Labute approximate surface area is 126 Å². The number of nitrogens with zero attached hydrogens (tertiary/aromatic N) is 5. The fourth-order valence-corrected chi connectivity index (χ4v) is 2.45. The van der Waals surface area contributed by atoms with Crippen LogP contribution in [0.2, 0.25) is 0 Å². The van der Waals surface area contributed by atoms with Gasteiger partial charge in [-0.2, -0.15) is 0 Å². The largest absolute Gasteiger partial charge is 0.338 e. The van der Waals surface area contributed by atoms with Gasteiger partial charge in [-0.15, -0.1) is 0 Å². The monoisotopic (exact) mass is 291 g/mol. The average molecular weight is 291 g/mol. The van der Waals surface area contributed by atoms with Gasteiger partial charge in [-0.3, -0.25) is 9.69 Å². The molecule has 0 atom stereocenters. The van der Waals surface area contributed by atoms with Crippen molar-refractivity contribution in [3.8, 4) is 0 Å². The van der Waals surface area contributed by atoms with E-state index in [0.717, 1.165) is 51.5 Å². The Bertz CT molecular complexity index is 431. The fourth-order valence-electron chi connectivity index (χ4n) is 2.45. The minimum atomic E-state index is 0.224. The lowest BCUT2D eigenvalue weighted by molar-refractivity contribution is -0.132. The number of carbonyl (C=O) groups excluding carboxylic acids is 1. The molecule has 6 nitrogen and oxygen atoms in total. The van der Waals surface area contributed by atoms with E-state index < -0.39 is 0 Å². The van der Waals surface area contributed by atoms with Gasteiger partial charge in [-0.1, -0.05) is 13.3 Å². The Hall–Kier alpha value is -1.69. The highest BCUT2D eigenvalue weighted by atomic mass is 16.2. The molecule has 0 radical (unpaired) electrons. The predicted octanol–water partition coefficient (Wildman–Crippen LogP) is 0.857. The van der Waals surface area contributed by atoms with E-state index in [1.807, 2.05) is 18.0 Å². The first-order valence-corrected chi connectivity index (χ1v) is 7.69. The molecule has 1 fully saturated rings. The van der Waals surface area contributed by atoms with Crippen LogP contribution in [-0.2, 0) is 4.79 Å². The Morgan fingerprint density at radius 3 is 2.52 bits per heavy atom. The number of unbranched alkanes of at least 4 members (excludes halogenated alkanes) is 1. The summed E-state index contributed by atoms with van der Waals surface area (Å²) in [5.74, 6) is 0.979. The normalized spacial score (nSPS) is 15.6. The molecule has 6 heteroatoms. The van der Waals surface area contributed by atoms with Crippen LogP contribution in [0.4, 0.5) is 5.95 Å². The van der Waals surface area contributed by atoms with E-state index in [1.165, 1.54) is 0 Å². The number of hydrogen-bond donors (Lipinski definition) is 0. The van der Waals surface area contributed by atoms with Gasteiger partial charge in [0.1, 0.15) is 0 Å². The molecule has 1 aromatic heterocycles. The minimum absolute atomic E-state index is 0.224. The van der Waals surface area contributed by atoms with Crippen molar-refractivity contribution in [3.63, 3.8) is 0 Å². The molecule has 1 aliphatic heterocycles. The number of hydrogen-bond acceptors (Lipinski definition) is 5. The molecule has 0 bridgehead atoms. The zero-order chi connectivity index (χ0) is 15.1. The third-order valence-electron chi connectivity index (χ3n) is 3.77. The second kappa shape index (κ2) is 7.93. The first-order chi connectivity index (χ1) is 10.2. The standard InChI is InChI=1S/C15H25N5O/c1-3-4-8-18(2)13-14(21)19-9-11-20(12-10-19)15-16-6-5-7-17-15/h5-7H,3-4,8-13H2,1-2H3. The van der Waals surface area contributed by atoms with Crippen molar-refractivity contribution in [2.24, 2.45) is 0 Å². The van der Waals surface area contributed by atoms with E-state index >= 15 is 0 Å². The van der Waals surface area contributed by atoms with Crippen molar-refractivity contribution in [1.29, 1.82) is 0 Å². The molecule has 0 aromatic carbocycles. The number of carbonyl (C=O) groups is 1. The molecule has 0 aliphatic carbocycles. The lowest BCUT2D eigenvalue weighted by atomic mass is 10.3. The molecule has 2 heterocycles. The molecule has 0 saturated carbocycles. The highest BCUT2D eigenvalue weighted by Gasteiger charge is 2.22. The summed E-state index contributed by atoms with van der Waals surface area (Å²) in [7, 11) is 2.02. The highest BCUT2D eigenvalue weighted by molar-refractivity contribution is 5.78. The summed E-state index contributed by atoms with van der Waals surface area (Å²) in [5, 5.41) is 0. The van der Waals surface area contributed by atoms with Gasteiger partial charge in [0.25, 0.3) is 0 Å². The molecule has 0 N–H and O–H groups in total. The molecule has 0 spiro atoms. The lowest BCUT2D eigenvalue weighted by Gasteiger charge is -2.35. The Morgan fingerprint density at radius 2 is 1.90 bits per heavy atom. The fraction of sp³-hybridized carbons (Fsp3) is 0.667. The Kier molecular flexibility index (Phi) is 5.92. The molecule has 116 valence electrons. The van der Waals surface area contributed by atoms with Gasteiger partial charge < -0.3 is 9.80 Å². The molecule has 2 rings (SSSR count). The van der Waals surface area contributed by atoms with Gasteiger partial charge in [0.15, 0.2) is 0 Å². The maximum atomic E-state index is 12.2. The van der Waals surface area contributed by atoms with E-state index in [0.29, 0.717) is 6.54 Å². The van der Waals surface area contributed by atoms with Gasteiger partial charge in [-0.25, -0.2) is 9.97 Å². The molecular weight excluding hydrogens is 266 g/mol. The summed E-state index contributed by atoms with van der Waals surface area (Å²) >= 11 is 0. The van der Waals surface area contributed by atoms with Crippen molar-refractivity contribution >= 4 is 11.9 Å². The van der Waals surface area contributed by atoms with E-state index in [1.54, 1.807) is 12.4 Å². The summed E-state index contributed by atoms with van der Waals surface area (Å²) in [4.78, 5) is 26.9. The van der Waals surface area contributed by atoms with Crippen molar-refractivity contribution < 1.29 is 4.79 Å². The van der Waals surface area contributed by atoms with Crippen LogP contribution in [0.3, 0.4) is 0 Å². The van der Waals surface area contributed by atoms with Crippen LogP contribution in [0.5, 0.6) is 0 Å².